The maximum Gasteiger partial charge on any atom is 0.337 e. The Morgan fingerprint density at radius 2 is 1.67 bits per heavy atom. The highest BCUT2D eigenvalue weighted by atomic mass is 35.5. The number of sulfone groups is 1. The SMILES string of the molecule is COC(=O)c1ccc(C2C(=C(O)c3ccc(Cl)cc3)C(=O)C(=O)N2C2CCS(=O)(=O)C2)cc1. The van der Waals surface area contributed by atoms with E-state index in [9.17, 15) is 27.9 Å². The Morgan fingerprint density at radius 3 is 2.21 bits per heavy atom. The number of methoxy groups -OCH3 is 1. The van der Waals surface area contributed by atoms with Gasteiger partial charge in [-0.2, -0.15) is 0 Å². The summed E-state index contributed by atoms with van der Waals surface area (Å²) in [6, 6.07) is 10.4. The maximum atomic E-state index is 13.1. The first-order valence-corrected chi connectivity index (χ1v) is 12.3. The third-order valence-corrected chi connectivity index (χ3v) is 7.85. The van der Waals surface area contributed by atoms with E-state index in [4.69, 9.17) is 16.3 Å². The molecule has 0 spiro atoms. The van der Waals surface area contributed by atoms with Gasteiger partial charge in [0.25, 0.3) is 11.7 Å². The van der Waals surface area contributed by atoms with E-state index < -0.39 is 45.3 Å². The van der Waals surface area contributed by atoms with E-state index in [2.05, 4.69) is 0 Å². The molecule has 172 valence electrons. The molecule has 0 aromatic heterocycles. The number of Topliss-reactive ketones (excluding diaryl/α,β-unsaturated/α-hetero) is 1. The Balaban J connectivity index is 1.86. The van der Waals surface area contributed by atoms with Crippen molar-refractivity contribution in [3.05, 3.63) is 75.8 Å². The van der Waals surface area contributed by atoms with Crippen LogP contribution in [0.15, 0.2) is 54.1 Å². The van der Waals surface area contributed by atoms with Gasteiger partial charge in [0.05, 0.1) is 35.8 Å². The molecule has 2 fully saturated rings. The second-order valence-corrected chi connectivity index (χ2v) is 10.5. The molecule has 33 heavy (non-hydrogen) atoms. The molecular formula is C23H20ClNO7S. The zero-order valence-electron chi connectivity index (χ0n) is 17.5. The van der Waals surface area contributed by atoms with Gasteiger partial charge >= 0.3 is 5.97 Å². The Kier molecular flexibility index (Phi) is 6.02. The van der Waals surface area contributed by atoms with Crippen molar-refractivity contribution < 1.29 is 32.6 Å². The molecule has 2 aliphatic rings. The van der Waals surface area contributed by atoms with E-state index in [0.717, 1.165) is 0 Å². The number of carbonyl (C=O) groups excluding carboxylic acids is 3. The summed E-state index contributed by atoms with van der Waals surface area (Å²) in [5, 5.41) is 11.4. The van der Waals surface area contributed by atoms with Crippen molar-refractivity contribution in [1.82, 2.24) is 4.90 Å². The molecule has 2 aliphatic heterocycles. The highest BCUT2D eigenvalue weighted by Gasteiger charge is 2.50. The van der Waals surface area contributed by atoms with Crippen molar-refractivity contribution in [3.8, 4) is 0 Å². The molecule has 2 heterocycles. The topological polar surface area (TPSA) is 118 Å². The van der Waals surface area contributed by atoms with Crippen LogP contribution < -0.4 is 0 Å². The lowest BCUT2D eigenvalue weighted by Gasteiger charge is -2.30. The molecule has 2 unspecified atom stereocenters. The van der Waals surface area contributed by atoms with Crippen LogP contribution in [0.5, 0.6) is 0 Å². The van der Waals surface area contributed by atoms with Crippen LogP contribution in [-0.2, 0) is 24.2 Å². The maximum absolute atomic E-state index is 13.1. The van der Waals surface area contributed by atoms with Crippen molar-refractivity contribution in [2.24, 2.45) is 0 Å². The lowest BCUT2D eigenvalue weighted by atomic mass is 9.94. The molecule has 0 aliphatic carbocycles. The first kappa shape index (κ1) is 23.0. The van der Waals surface area contributed by atoms with Gasteiger partial charge < -0.3 is 14.7 Å². The van der Waals surface area contributed by atoms with Crippen LogP contribution in [0.3, 0.4) is 0 Å². The number of esters is 1. The predicted molar refractivity (Wildman–Crippen MR) is 120 cm³/mol. The minimum atomic E-state index is -3.36. The van der Waals surface area contributed by atoms with Gasteiger partial charge in [0, 0.05) is 16.6 Å². The van der Waals surface area contributed by atoms with Gasteiger partial charge in [-0.05, 0) is 48.4 Å². The number of amides is 1. The monoisotopic (exact) mass is 489 g/mol. The van der Waals surface area contributed by atoms with Gasteiger partial charge in [-0.15, -0.1) is 0 Å². The number of aliphatic hydroxyl groups is 1. The Hall–Kier alpha value is -3.17. The quantitative estimate of drug-likeness (QED) is 0.303. The molecule has 1 amide bonds. The second kappa shape index (κ2) is 8.64. The minimum absolute atomic E-state index is 0.0914. The van der Waals surface area contributed by atoms with Crippen LogP contribution in [-0.4, -0.2) is 60.7 Å². The third kappa shape index (κ3) is 4.26. The van der Waals surface area contributed by atoms with Gasteiger partial charge in [0.15, 0.2) is 9.84 Å². The molecule has 8 nitrogen and oxygen atoms in total. The summed E-state index contributed by atoms with van der Waals surface area (Å²) >= 11 is 5.92. The number of rotatable bonds is 4. The van der Waals surface area contributed by atoms with Gasteiger partial charge in [0.1, 0.15) is 5.76 Å². The molecule has 4 rings (SSSR count). The summed E-state index contributed by atoms with van der Waals surface area (Å²) < 4.78 is 28.9. The Labute approximate surface area is 195 Å². The zero-order valence-corrected chi connectivity index (χ0v) is 19.1. The summed E-state index contributed by atoms with van der Waals surface area (Å²) in [7, 11) is -2.11. The fourth-order valence-corrected chi connectivity index (χ4v) is 6.07. The normalized spacial score (nSPS) is 23.6. The number of aliphatic hydroxyl groups excluding tert-OH is 1. The number of hydrogen-bond acceptors (Lipinski definition) is 7. The average molecular weight is 490 g/mol. The van der Waals surface area contributed by atoms with E-state index in [-0.39, 0.29) is 34.6 Å². The molecule has 0 radical (unpaired) electrons. The highest BCUT2D eigenvalue weighted by Crippen LogP contribution is 2.42. The standard InChI is InChI=1S/C23H20ClNO7S/c1-32-23(29)15-4-2-13(3-5-15)19-18(20(26)14-6-8-16(24)9-7-14)21(27)22(28)25(19)17-10-11-33(30,31)12-17/h2-9,17,19,26H,10-12H2,1H3. The van der Waals surface area contributed by atoms with Gasteiger partial charge in [-0.25, -0.2) is 13.2 Å². The number of ketones is 1. The van der Waals surface area contributed by atoms with E-state index in [0.29, 0.717) is 10.6 Å². The summed E-state index contributed by atoms with van der Waals surface area (Å²) in [5.74, 6) is -3.10. The average Bonchev–Trinajstić information content (AvgIpc) is 3.29. The van der Waals surface area contributed by atoms with Crippen LogP contribution >= 0.6 is 11.6 Å². The van der Waals surface area contributed by atoms with Gasteiger partial charge in [0.2, 0.25) is 0 Å². The van der Waals surface area contributed by atoms with Crippen LogP contribution in [0.2, 0.25) is 5.02 Å². The van der Waals surface area contributed by atoms with Crippen LogP contribution in [0.4, 0.5) is 0 Å². The van der Waals surface area contributed by atoms with E-state index in [1.807, 2.05) is 0 Å². The fraction of sp³-hybridized carbons (Fsp3) is 0.261. The summed E-state index contributed by atoms with van der Waals surface area (Å²) in [6.07, 6.45) is 0.188. The molecule has 2 atom stereocenters. The fourth-order valence-electron chi connectivity index (χ4n) is 4.23. The highest BCUT2D eigenvalue weighted by molar-refractivity contribution is 7.91. The molecule has 2 aromatic rings. The van der Waals surface area contributed by atoms with Gasteiger partial charge in [-0.1, -0.05) is 23.7 Å². The second-order valence-electron chi connectivity index (χ2n) is 7.88. The Morgan fingerprint density at radius 1 is 1.06 bits per heavy atom. The van der Waals surface area contributed by atoms with Crippen LogP contribution in [0, 0.1) is 0 Å². The van der Waals surface area contributed by atoms with Crippen molar-refractivity contribution in [1.29, 1.82) is 0 Å². The summed E-state index contributed by atoms with van der Waals surface area (Å²) in [5.41, 5.74) is 0.839. The number of nitrogens with zero attached hydrogens (tertiary/aromatic N) is 1. The Bertz CT molecular complexity index is 1270. The first-order chi connectivity index (χ1) is 15.6. The zero-order chi connectivity index (χ0) is 23.9. The van der Waals surface area contributed by atoms with Crippen LogP contribution in [0.1, 0.15) is 33.9 Å². The molecule has 10 heteroatoms. The number of hydrogen-bond donors (Lipinski definition) is 1. The third-order valence-electron chi connectivity index (χ3n) is 5.85. The summed E-state index contributed by atoms with van der Waals surface area (Å²) in [4.78, 5) is 39.2. The van der Waals surface area contributed by atoms with Gasteiger partial charge in [-0.3, -0.25) is 9.59 Å². The number of halogens is 1. The molecule has 0 bridgehead atoms. The van der Waals surface area contributed by atoms with E-state index in [1.54, 1.807) is 12.1 Å². The van der Waals surface area contributed by atoms with Crippen molar-refractivity contribution >= 4 is 44.9 Å². The molecule has 1 N–H and O–H groups in total. The molecule has 0 saturated carbocycles. The first-order valence-electron chi connectivity index (χ1n) is 10.1. The van der Waals surface area contributed by atoms with E-state index in [1.165, 1.54) is 48.4 Å². The minimum Gasteiger partial charge on any atom is -0.507 e. The lowest BCUT2D eigenvalue weighted by Crippen LogP contribution is -2.40. The van der Waals surface area contributed by atoms with Crippen molar-refractivity contribution in [3.63, 3.8) is 0 Å². The predicted octanol–water partition coefficient (Wildman–Crippen LogP) is 2.74. The summed E-state index contributed by atoms with van der Waals surface area (Å²) in [6.45, 7) is 0. The largest absolute Gasteiger partial charge is 0.507 e. The molecular weight excluding hydrogens is 470 g/mol. The smallest absolute Gasteiger partial charge is 0.337 e. The van der Waals surface area contributed by atoms with E-state index >= 15 is 0 Å². The van der Waals surface area contributed by atoms with Crippen LogP contribution in [0.25, 0.3) is 5.76 Å². The lowest BCUT2D eigenvalue weighted by molar-refractivity contribution is -0.141. The molecule has 2 aromatic carbocycles. The number of carbonyl (C=O) groups is 3. The van der Waals surface area contributed by atoms with Crippen molar-refractivity contribution in [2.75, 3.05) is 18.6 Å². The number of ether oxygens (including phenoxy) is 1. The number of likely N-dealkylation sites (tertiary alicyclic amines) is 1. The molecule has 2 saturated heterocycles. The van der Waals surface area contributed by atoms with Crippen molar-refractivity contribution in [2.45, 2.75) is 18.5 Å². The number of benzene rings is 2.